The van der Waals surface area contributed by atoms with E-state index in [4.69, 9.17) is 4.74 Å². The Balaban J connectivity index is 1.64. The zero-order valence-electron chi connectivity index (χ0n) is 13.1. The lowest BCUT2D eigenvalue weighted by molar-refractivity contribution is -0.133. The van der Waals surface area contributed by atoms with Crippen LogP contribution >= 0.6 is 0 Å². The minimum absolute atomic E-state index is 0.138. The molecule has 1 saturated heterocycles. The fourth-order valence-electron chi connectivity index (χ4n) is 2.56. The first-order valence-electron chi connectivity index (χ1n) is 7.71. The summed E-state index contributed by atoms with van der Waals surface area (Å²) >= 11 is 0. The Bertz CT molecular complexity index is 415. The van der Waals surface area contributed by atoms with Gasteiger partial charge in [0.05, 0.1) is 19.5 Å². The molecule has 1 fully saturated rings. The molecule has 6 heteroatoms. The van der Waals surface area contributed by atoms with E-state index in [1.165, 1.54) is 0 Å². The van der Waals surface area contributed by atoms with E-state index in [2.05, 4.69) is 9.88 Å². The van der Waals surface area contributed by atoms with Crippen molar-refractivity contribution in [1.29, 1.82) is 0 Å². The summed E-state index contributed by atoms with van der Waals surface area (Å²) in [6, 6.07) is -0.184. The van der Waals surface area contributed by atoms with Crippen LogP contribution in [0.15, 0.2) is 18.7 Å². The van der Waals surface area contributed by atoms with Gasteiger partial charge in [-0.05, 0) is 26.3 Å². The van der Waals surface area contributed by atoms with Crippen molar-refractivity contribution in [3.63, 3.8) is 0 Å². The van der Waals surface area contributed by atoms with E-state index in [1.54, 1.807) is 12.5 Å². The number of aromatic nitrogens is 2. The third-order valence-electron chi connectivity index (χ3n) is 4.03. The molecule has 0 N–H and O–H groups in total. The average molecular weight is 294 g/mol. The van der Waals surface area contributed by atoms with Gasteiger partial charge in [-0.2, -0.15) is 0 Å². The van der Waals surface area contributed by atoms with Gasteiger partial charge in [-0.1, -0.05) is 0 Å². The van der Waals surface area contributed by atoms with Gasteiger partial charge in [-0.25, -0.2) is 4.98 Å². The van der Waals surface area contributed by atoms with Crippen molar-refractivity contribution in [2.24, 2.45) is 0 Å². The molecule has 1 aliphatic rings. The molecular formula is C15H26N4O2. The minimum Gasteiger partial charge on any atom is -0.379 e. The van der Waals surface area contributed by atoms with Crippen LogP contribution < -0.4 is 0 Å². The van der Waals surface area contributed by atoms with Crippen LogP contribution in [0.1, 0.15) is 25.8 Å². The Hall–Kier alpha value is -1.40. The molecule has 1 aromatic rings. The average Bonchev–Trinajstić information content (AvgIpc) is 3.05. The first kappa shape index (κ1) is 16.0. The summed E-state index contributed by atoms with van der Waals surface area (Å²) in [5, 5.41) is 0. The third kappa shape index (κ3) is 4.82. The quantitative estimate of drug-likeness (QED) is 0.704. The van der Waals surface area contributed by atoms with Crippen molar-refractivity contribution >= 4 is 5.91 Å². The Morgan fingerprint density at radius 2 is 2.14 bits per heavy atom. The standard InChI is InChI=1S/C15H26N4O2/c1-14(19-8-5-16-13-19)15(20)17(2)6-3-4-7-18-9-11-21-12-10-18/h5,8,13-14H,3-4,6-7,9-12H2,1-2H3. The lowest BCUT2D eigenvalue weighted by atomic mass is 10.2. The first-order chi connectivity index (χ1) is 10.2. The number of imidazole rings is 1. The van der Waals surface area contributed by atoms with Gasteiger partial charge < -0.3 is 14.2 Å². The third-order valence-corrected chi connectivity index (χ3v) is 4.03. The molecule has 118 valence electrons. The van der Waals surface area contributed by atoms with Crippen LogP contribution in [0.25, 0.3) is 0 Å². The number of hydrogen-bond acceptors (Lipinski definition) is 4. The highest BCUT2D eigenvalue weighted by molar-refractivity contribution is 5.79. The van der Waals surface area contributed by atoms with E-state index >= 15 is 0 Å². The molecule has 0 bridgehead atoms. The number of unbranched alkanes of at least 4 members (excludes halogenated alkanes) is 1. The predicted molar refractivity (Wildman–Crippen MR) is 81.1 cm³/mol. The molecule has 6 nitrogen and oxygen atoms in total. The van der Waals surface area contributed by atoms with Crippen LogP contribution in [0.3, 0.4) is 0 Å². The molecule has 1 amide bonds. The molecular weight excluding hydrogens is 268 g/mol. The summed E-state index contributed by atoms with van der Waals surface area (Å²) < 4.78 is 7.18. The maximum Gasteiger partial charge on any atom is 0.245 e. The number of hydrogen-bond donors (Lipinski definition) is 0. The topological polar surface area (TPSA) is 50.6 Å². The van der Waals surface area contributed by atoms with Crippen LogP contribution in [0.2, 0.25) is 0 Å². The summed E-state index contributed by atoms with van der Waals surface area (Å²) in [7, 11) is 1.88. The molecule has 0 radical (unpaired) electrons. The van der Waals surface area contributed by atoms with Gasteiger partial charge in [0, 0.05) is 39.1 Å². The van der Waals surface area contributed by atoms with Crippen molar-refractivity contribution in [3.8, 4) is 0 Å². The molecule has 0 saturated carbocycles. The molecule has 21 heavy (non-hydrogen) atoms. The number of carbonyl (C=O) groups is 1. The number of amides is 1. The second-order valence-corrected chi connectivity index (χ2v) is 5.61. The highest BCUT2D eigenvalue weighted by atomic mass is 16.5. The Morgan fingerprint density at radius 1 is 1.38 bits per heavy atom. The van der Waals surface area contributed by atoms with Crippen molar-refractivity contribution < 1.29 is 9.53 Å². The molecule has 2 heterocycles. The summed E-state index contributed by atoms with van der Waals surface area (Å²) in [4.78, 5) is 20.5. The first-order valence-corrected chi connectivity index (χ1v) is 7.71. The van der Waals surface area contributed by atoms with E-state index in [9.17, 15) is 4.79 Å². The molecule has 0 aliphatic carbocycles. The summed E-state index contributed by atoms with van der Waals surface area (Å²) in [6.45, 7) is 7.58. The molecule has 1 aliphatic heterocycles. The van der Waals surface area contributed by atoms with Gasteiger partial charge in [0.1, 0.15) is 6.04 Å². The highest BCUT2D eigenvalue weighted by Gasteiger charge is 2.18. The maximum atomic E-state index is 12.3. The molecule has 0 aromatic carbocycles. The van der Waals surface area contributed by atoms with Gasteiger partial charge >= 0.3 is 0 Å². The van der Waals surface area contributed by atoms with Gasteiger partial charge in [-0.15, -0.1) is 0 Å². The van der Waals surface area contributed by atoms with Crippen LogP contribution in [-0.4, -0.2) is 71.7 Å². The summed E-state index contributed by atoms with van der Waals surface area (Å²) in [5.74, 6) is 0.138. The molecule has 1 atom stereocenters. The van der Waals surface area contributed by atoms with Crippen molar-refractivity contribution in [3.05, 3.63) is 18.7 Å². The highest BCUT2D eigenvalue weighted by Crippen LogP contribution is 2.09. The fraction of sp³-hybridized carbons (Fsp3) is 0.733. The van der Waals surface area contributed by atoms with Gasteiger partial charge in [0.2, 0.25) is 5.91 Å². The summed E-state index contributed by atoms with van der Waals surface area (Å²) in [6.07, 6.45) is 7.38. The summed E-state index contributed by atoms with van der Waals surface area (Å²) in [5.41, 5.74) is 0. The van der Waals surface area contributed by atoms with Crippen LogP contribution in [0.4, 0.5) is 0 Å². The van der Waals surface area contributed by atoms with E-state index in [0.29, 0.717) is 0 Å². The van der Waals surface area contributed by atoms with Gasteiger partial charge in [0.15, 0.2) is 0 Å². The van der Waals surface area contributed by atoms with Crippen LogP contribution in [0, 0.1) is 0 Å². The molecule has 1 unspecified atom stereocenters. The number of likely N-dealkylation sites (N-methyl/N-ethyl adjacent to an activating group) is 1. The zero-order chi connectivity index (χ0) is 15.1. The largest absolute Gasteiger partial charge is 0.379 e. The Kier molecular flexibility index (Phi) is 6.20. The molecule has 0 spiro atoms. The van der Waals surface area contributed by atoms with E-state index in [-0.39, 0.29) is 11.9 Å². The second kappa shape index (κ2) is 8.14. The SMILES string of the molecule is CC(C(=O)N(C)CCCCN1CCOCC1)n1ccnc1. The smallest absolute Gasteiger partial charge is 0.245 e. The van der Waals surface area contributed by atoms with Gasteiger partial charge in [0.25, 0.3) is 0 Å². The Labute approximate surface area is 126 Å². The van der Waals surface area contributed by atoms with Crippen molar-refractivity contribution in [2.45, 2.75) is 25.8 Å². The number of morpholine rings is 1. The van der Waals surface area contributed by atoms with Crippen LogP contribution in [-0.2, 0) is 9.53 Å². The lowest BCUT2D eigenvalue weighted by Gasteiger charge is -2.27. The van der Waals surface area contributed by atoms with Crippen LogP contribution in [0.5, 0.6) is 0 Å². The monoisotopic (exact) mass is 294 g/mol. The number of rotatable bonds is 7. The normalized spacial score (nSPS) is 17.6. The van der Waals surface area contributed by atoms with E-state index in [0.717, 1.165) is 52.2 Å². The van der Waals surface area contributed by atoms with Gasteiger partial charge in [-0.3, -0.25) is 9.69 Å². The maximum absolute atomic E-state index is 12.3. The molecule has 2 rings (SSSR count). The second-order valence-electron chi connectivity index (χ2n) is 5.61. The lowest BCUT2D eigenvalue weighted by Crippen LogP contribution is -2.37. The van der Waals surface area contributed by atoms with E-state index in [1.807, 2.05) is 29.6 Å². The van der Waals surface area contributed by atoms with E-state index < -0.39 is 0 Å². The number of nitrogens with zero attached hydrogens (tertiary/aromatic N) is 4. The zero-order valence-corrected chi connectivity index (χ0v) is 13.1. The Morgan fingerprint density at radius 3 is 2.81 bits per heavy atom. The fourth-order valence-corrected chi connectivity index (χ4v) is 2.56. The predicted octanol–water partition coefficient (Wildman–Crippen LogP) is 1.01. The van der Waals surface area contributed by atoms with Crippen molar-refractivity contribution in [1.82, 2.24) is 19.4 Å². The number of carbonyl (C=O) groups excluding carboxylic acids is 1. The molecule has 1 aromatic heterocycles. The minimum atomic E-state index is -0.184. The van der Waals surface area contributed by atoms with Crippen molar-refractivity contribution in [2.75, 3.05) is 46.4 Å². The number of ether oxygens (including phenoxy) is 1.